The molecule has 0 radical (unpaired) electrons. The zero-order valence-corrected chi connectivity index (χ0v) is 10.4. The van der Waals surface area contributed by atoms with Crippen LogP contribution in [0.5, 0.6) is 0 Å². The molecule has 2 N–H and O–H groups in total. The van der Waals surface area contributed by atoms with Gasteiger partial charge in [0.25, 0.3) is 0 Å². The maximum Gasteiger partial charge on any atom is 0.0860 e. The van der Waals surface area contributed by atoms with Gasteiger partial charge in [-0.2, -0.15) is 5.10 Å². The number of nitrogens with zero attached hydrogens (tertiary/aromatic N) is 3. The van der Waals surface area contributed by atoms with Gasteiger partial charge in [-0.15, -0.1) is 0 Å². The number of halogens is 1. The molecule has 0 aliphatic rings. The Labute approximate surface area is 96.0 Å². The minimum Gasteiger partial charge on any atom is -0.329 e. The smallest absolute Gasteiger partial charge is 0.0860 e. The lowest BCUT2D eigenvalue weighted by atomic mass is 10.3. The van der Waals surface area contributed by atoms with Crippen LogP contribution in [0, 0.1) is 6.92 Å². The summed E-state index contributed by atoms with van der Waals surface area (Å²) in [7, 11) is 1.92. The van der Waals surface area contributed by atoms with Crippen molar-refractivity contribution in [2.45, 2.75) is 20.4 Å². The normalized spacial score (nSPS) is 11.3. The van der Waals surface area contributed by atoms with Crippen molar-refractivity contribution < 1.29 is 0 Å². The molecule has 15 heavy (non-hydrogen) atoms. The zero-order chi connectivity index (χ0) is 11.4. The van der Waals surface area contributed by atoms with Crippen LogP contribution in [0.1, 0.15) is 18.3 Å². The van der Waals surface area contributed by atoms with Crippen molar-refractivity contribution in [1.82, 2.24) is 14.7 Å². The van der Waals surface area contributed by atoms with Crippen molar-refractivity contribution in [3.63, 3.8) is 0 Å². The zero-order valence-electron chi connectivity index (χ0n) is 9.63. The molecule has 5 heteroatoms. The first-order valence-electron chi connectivity index (χ1n) is 5.20. The van der Waals surface area contributed by atoms with Gasteiger partial charge >= 0.3 is 0 Å². The fourth-order valence-electron chi connectivity index (χ4n) is 1.60. The Balaban J connectivity index is 2.78. The van der Waals surface area contributed by atoms with E-state index in [0.29, 0.717) is 6.54 Å². The molecule has 1 rings (SSSR count). The maximum atomic E-state index is 6.17. The Morgan fingerprint density at radius 1 is 1.53 bits per heavy atom. The minimum absolute atomic E-state index is 0.669. The Hall–Kier alpha value is -0.580. The van der Waals surface area contributed by atoms with Crippen LogP contribution in [-0.2, 0) is 13.6 Å². The summed E-state index contributed by atoms with van der Waals surface area (Å²) >= 11 is 6.17. The highest BCUT2D eigenvalue weighted by molar-refractivity contribution is 6.31. The van der Waals surface area contributed by atoms with Crippen molar-refractivity contribution in [2.75, 3.05) is 19.6 Å². The fraction of sp³-hybridized carbons (Fsp3) is 0.700. The standard InChI is InChI=1S/C10H19ClN4/c1-4-15(6-5-12)7-9-10(11)8(2)13-14(9)3/h4-7,12H2,1-3H3. The number of hydrogen-bond donors (Lipinski definition) is 1. The maximum absolute atomic E-state index is 6.17. The number of aromatic nitrogens is 2. The van der Waals surface area contributed by atoms with E-state index in [4.69, 9.17) is 17.3 Å². The highest BCUT2D eigenvalue weighted by Gasteiger charge is 2.13. The van der Waals surface area contributed by atoms with E-state index >= 15 is 0 Å². The van der Waals surface area contributed by atoms with E-state index < -0.39 is 0 Å². The number of likely N-dealkylation sites (N-methyl/N-ethyl adjacent to an activating group) is 1. The van der Waals surface area contributed by atoms with Crippen LogP contribution < -0.4 is 5.73 Å². The van der Waals surface area contributed by atoms with E-state index in [2.05, 4.69) is 16.9 Å². The first-order chi connectivity index (χ1) is 7.10. The van der Waals surface area contributed by atoms with Gasteiger partial charge in [0.15, 0.2) is 0 Å². The third-order valence-corrected chi connectivity index (χ3v) is 3.02. The summed E-state index contributed by atoms with van der Waals surface area (Å²) in [6.07, 6.45) is 0. The lowest BCUT2D eigenvalue weighted by Gasteiger charge is -2.19. The highest BCUT2D eigenvalue weighted by Crippen LogP contribution is 2.20. The second kappa shape index (κ2) is 5.49. The van der Waals surface area contributed by atoms with E-state index in [-0.39, 0.29) is 0 Å². The van der Waals surface area contributed by atoms with Crippen LogP contribution in [-0.4, -0.2) is 34.3 Å². The third kappa shape index (κ3) is 2.93. The molecule has 1 aromatic heterocycles. The summed E-state index contributed by atoms with van der Waals surface area (Å²) in [5.74, 6) is 0. The number of nitrogens with two attached hydrogens (primary N) is 1. The second-order valence-electron chi connectivity index (χ2n) is 3.63. The van der Waals surface area contributed by atoms with Gasteiger partial charge < -0.3 is 5.73 Å². The quantitative estimate of drug-likeness (QED) is 0.826. The summed E-state index contributed by atoms with van der Waals surface area (Å²) in [4.78, 5) is 2.25. The molecule has 86 valence electrons. The van der Waals surface area contributed by atoms with Crippen LogP contribution in [0.15, 0.2) is 0 Å². The van der Waals surface area contributed by atoms with Crippen molar-refractivity contribution in [1.29, 1.82) is 0 Å². The molecule has 1 heterocycles. The SMILES string of the molecule is CCN(CCN)Cc1c(Cl)c(C)nn1C. The molecular formula is C10H19ClN4. The van der Waals surface area contributed by atoms with Crippen LogP contribution >= 0.6 is 11.6 Å². The van der Waals surface area contributed by atoms with Crippen LogP contribution in [0.25, 0.3) is 0 Å². The molecule has 0 fully saturated rings. The molecule has 0 saturated carbocycles. The first-order valence-corrected chi connectivity index (χ1v) is 5.58. The summed E-state index contributed by atoms with van der Waals surface area (Å²) in [6, 6.07) is 0. The van der Waals surface area contributed by atoms with Crippen molar-refractivity contribution in [3.8, 4) is 0 Å². The molecule has 0 saturated heterocycles. The number of hydrogen-bond acceptors (Lipinski definition) is 3. The van der Waals surface area contributed by atoms with Gasteiger partial charge in [-0.3, -0.25) is 9.58 Å². The number of aryl methyl sites for hydroxylation is 2. The Morgan fingerprint density at radius 2 is 2.20 bits per heavy atom. The molecule has 0 bridgehead atoms. The van der Waals surface area contributed by atoms with E-state index in [1.165, 1.54) is 0 Å². The van der Waals surface area contributed by atoms with Gasteiger partial charge in [0.1, 0.15) is 0 Å². The first kappa shape index (κ1) is 12.5. The summed E-state index contributed by atoms with van der Waals surface area (Å²) in [6.45, 7) is 7.37. The monoisotopic (exact) mass is 230 g/mol. The molecule has 0 aromatic carbocycles. The van der Waals surface area contributed by atoms with Crippen molar-refractivity contribution in [3.05, 3.63) is 16.4 Å². The molecule has 0 aliphatic carbocycles. The third-order valence-electron chi connectivity index (χ3n) is 2.53. The molecule has 0 aliphatic heterocycles. The molecule has 0 amide bonds. The highest BCUT2D eigenvalue weighted by atomic mass is 35.5. The largest absolute Gasteiger partial charge is 0.329 e. The van der Waals surface area contributed by atoms with E-state index in [0.717, 1.165) is 36.0 Å². The van der Waals surface area contributed by atoms with E-state index in [1.807, 2.05) is 18.7 Å². The van der Waals surface area contributed by atoms with Crippen molar-refractivity contribution in [2.24, 2.45) is 12.8 Å². The van der Waals surface area contributed by atoms with Gasteiger partial charge in [-0.25, -0.2) is 0 Å². The van der Waals surface area contributed by atoms with E-state index in [9.17, 15) is 0 Å². The van der Waals surface area contributed by atoms with Crippen LogP contribution in [0.3, 0.4) is 0 Å². The summed E-state index contributed by atoms with van der Waals surface area (Å²) in [5.41, 5.74) is 7.49. The Morgan fingerprint density at radius 3 is 2.60 bits per heavy atom. The molecule has 0 unspecified atom stereocenters. The fourth-order valence-corrected chi connectivity index (χ4v) is 1.82. The second-order valence-corrected chi connectivity index (χ2v) is 4.01. The molecule has 0 atom stereocenters. The lowest BCUT2D eigenvalue weighted by molar-refractivity contribution is 0.280. The lowest BCUT2D eigenvalue weighted by Crippen LogP contribution is -2.29. The van der Waals surface area contributed by atoms with E-state index in [1.54, 1.807) is 0 Å². The predicted octanol–water partition coefficient (Wildman–Crippen LogP) is 1.16. The summed E-state index contributed by atoms with van der Waals surface area (Å²) in [5, 5.41) is 5.06. The molecular weight excluding hydrogens is 212 g/mol. The van der Waals surface area contributed by atoms with Gasteiger partial charge in [-0.1, -0.05) is 18.5 Å². The average Bonchev–Trinajstić information content (AvgIpc) is 2.44. The van der Waals surface area contributed by atoms with Crippen molar-refractivity contribution >= 4 is 11.6 Å². The van der Waals surface area contributed by atoms with Crippen LogP contribution in [0.2, 0.25) is 5.02 Å². The molecule has 0 spiro atoms. The van der Waals surface area contributed by atoms with Gasteiger partial charge in [0, 0.05) is 26.7 Å². The topological polar surface area (TPSA) is 47.1 Å². The van der Waals surface area contributed by atoms with Crippen LogP contribution in [0.4, 0.5) is 0 Å². The Bertz CT molecular complexity index is 321. The predicted molar refractivity (Wildman–Crippen MR) is 63.0 cm³/mol. The summed E-state index contributed by atoms with van der Waals surface area (Å²) < 4.78 is 1.84. The number of rotatable bonds is 5. The average molecular weight is 231 g/mol. The van der Waals surface area contributed by atoms with Gasteiger partial charge in [0.05, 0.1) is 16.4 Å². The van der Waals surface area contributed by atoms with Gasteiger partial charge in [0.2, 0.25) is 0 Å². The molecule has 1 aromatic rings. The Kier molecular flexibility index (Phi) is 4.57. The molecule has 4 nitrogen and oxygen atoms in total. The minimum atomic E-state index is 0.669. The van der Waals surface area contributed by atoms with Gasteiger partial charge in [-0.05, 0) is 13.5 Å².